The smallest absolute Gasteiger partial charge is 0.231 e. The van der Waals surface area contributed by atoms with Gasteiger partial charge in [0.15, 0.2) is 6.29 Å². The number of aliphatic hydroxyl groups excluding tert-OH is 1. The van der Waals surface area contributed by atoms with Gasteiger partial charge >= 0.3 is 0 Å². The largest absolute Gasteiger partial charge is 0.367 e. The van der Waals surface area contributed by atoms with Gasteiger partial charge in [-0.05, 0) is 31.8 Å². The summed E-state index contributed by atoms with van der Waals surface area (Å²) in [5.41, 5.74) is 0. The summed E-state index contributed by atoms with van der Waals surface area (Å²) >= 11 is 0. The van der Waals surface area contributed by atoms with Crippen molar-refractivity contribution in [3.8, 4) is 0 Å². The van der Waals surface area contributed by atoms with Gasteiger partial charge in [-0.25, -0.2) is 0 Å². The molecule has 0 saturated heterocycles. The average molecular weight is 281 g/mol. The first-order valence-electron chi connectivity index (χ1n) is 7.49. The molecule has 0 radical (unpaired) electrons. The van der Waals surface area contributed by atoms with Crippen molar-refractivity contribution in [1.29, 1.82) is 0 Å². The first kappa shape index (κ1) is 15.2. The SMILES string of the molecule is O=[N+]([O-])[C@@H]1C=CC([C@H](O)OC2/C=C/CCCCC2)CC1. The maximum Gasteiger partial charge on any atom is 0.231 e. The van der Waals surface area contributed by atoms with Crippen LogP contribution in [0.1, 0.15) is 44.9 Å². The third kappa shape index (κ3) is 4.42. The van der Waals surface area contributed by atoms with Crippen molar-refractivity contribution in [1.82, 2.24) is 0 Å². The van der Waals surface area contributed by atoms with Gasteiger partial charge in [0.1, 0.15) is 0 Å². The number of aliphatic hydroxyl groups is 1. The molecule has 2 aliphatic carbocycles. The van der Waals surface area contributed by atoms with E-state index in [1.54, 1.807) is 12.2 Å². The highest BCUT2D eigenvalue weighted by Gasteiger charge is 2.28. The van der Waals surface area contributed by atoms with Crippen molar-refractivity contribution >= 4 is 0 Å². The molecule has 0 bridgehead atoms. The first-order valence-corrected chi connectivity index (χ1v) is 7.49. The standard InChI is InChI=1S/C15H23NO4/c17-15(12-8-10-13(11-9-12)16(18)19)20-14-6-4-2-1-3-5-7-14/h4,6,8,10,12-15,17H,1-3,5,7,9,11H2/b6-4+/t12?,13-,14?,15-/m1/s1. The third-order valence-electron chi connectivity index (χ3n) is 4.04. The monoisotopic (exact) mass is 281 g/mol. The second kappa shape index (κ2) is 7.55. The first-order chi connectivity index (χ1) is 9.66. The number of allylic oxidation sites excluding steroid dienone is 1. The fraction of sp³-hybridized carbons (Fsp3) is 0.733. The molecule has 0 amide bonds. The molecule has 0 spiro atoms. The van der Waals surface area contributed by atoms with Crippen LogP contribution < -0.4 is 0 Å². The minimum Gasteiger partial charge on any atom is -0.367 e. The van der Waals surface area contributed by atoms with Gasteiger partial charge in [-0.15, -0.1) is 0 Å². The Morgan fingerprint density at radius 1 is 1.15 bits per heavy atom. The molecular formula is C15H23NO4. The Morgan fingerprint density at radius 2 is 2.00 bits per heavy atom. The highest BCUT2D eigenvalue weighted by atomic mass is 16.6. The van der Waals surface area contributed by atoms with E-state index in [1.807, 2.05) is 6.08 Å². The van der Waals surface area contributed by atoms with Gasteiger partial charge in [-0.3, -0.25) is 10.1 Å². The van der Waals surface area contributed by atoms with Crippen LogP contribution in [0.15, 0.2) is 24.3 Å². The second-order valence-corrected chi connectivity index (χ2v) is 5.61. The summed E-state index contributed by atoms with van der Waals surface area (Å²) < 4.78 is 5.71. The quantitative estimate of drug-likeness (QED) is 0.372. The Balaban J connectivity index is 1.85. The van der Waals surface area contributed by atoms with Crippen LogP contribution in [0.3, 0.4) is 0 Å². The summed E-state index contributed by atoms with van der Waals surface area (Å²) in [6, 6.07) is -0.611. The highest BCUT2D eigenvalue weighted by molar-refractivity contribution is 5.00. The molecule has 20 heavy (non-hydrogen) atoms. The molecule has 0 aromatic rings. The number of hydrogen-bond donors (Lipinski definition) is 1. The predicted octanol–water partition coefficient (Wildman–Crippen LogP) is 2.82. The molecule has 0 saturated carbocycles. The zero-order valence-electron chi connectivity index (χ0n) is 11.7. The molecule has 0 heterocycles. The lowest BCUT2D eigenvalue weighted by molar-refractivity contribution is -0.511. The summed E-state index contributed by atoms with van der Waals surface area (Å²) in [4.78, 5) is 10.4. The van der Waals surface area contributed by atoms with Crippen LogP contribution in [-0.2, 0) is 4.74 Å². The van der Waals surface area contributed by atoms with Gasteiger partial charge < -0.3 is 9.84 Å². The zero-order valence-corrected chi connectivity index (χ0v) is 11.7. The van der Waals surface area contributed by atoms with Crippen molar-refractivity contribution < 1.29 is 14.8 Å². The van der Waals surface area contributed by atoms with Crippen LogP contribution in [0, 0.1) is 16.0 Å². The van der Waals surface area contributed by atoms with Crippen molar-refractivity contribution in [2.75, 3.05) is 0 Å². The number of ether oxygens (including phenoxy) is 1. The van der Waals surface area contributed by atoms with E-state index >= 15 is 0 Å². The van der Waals surface area contributed by atoms with Crippen molar-refractivity contribution in [2.45, 2.75) is 63.4 Å². The Morgan fingerprint density at radius 3 is 2.70 bits per heavy atom. The molecule has 5 heteroatoms. The lowest BCUT2D eigenvalue weighted by Crippen LogP contribution is -2.31. The third-order valence-corrected chi connectivity index (χ3v) is 4.04. The van der Waals surface area contributed by atoms with E-state index in [0.717, 1.165) is 19.3 Å². The normalized spacial score (nSPS) is 34.0. The van der Waals surface area contributed by atoms with E-state index in [-0.39, 0.29) is 16.9 Å². The van der Waals surface area contributed by atoms with Crippen LogP contribution >= 0.6 is 0 Å². The van der Waals surface area contributed by atoms with Crippen LogP contribution in [0.2, 0.25) is 0 Å². The Bertz CT molecular complexity index is 380. The Kier molecular flexibility index (Phi) is 5.73. The molecule has 112 valence electrons. The van der Waals surface area contributed by atoms with E-state index in [4.69, 9.17) is 4.74 Å². The molecule has 4 atom stereocenters. The summed E-state index contributed by atoms with van der Waals surface area (Å²) in [6.45, 7) is 0. The van der Waals surface area contributed by atoms with Gasteiger partial charge in [-0.2, -0.15) is 0 Å². The minimum atomic E-state index is -0.868. The van der Waals surface area contributed by atoms with Crippen LogP contribution in [0.25, 0.3) is 0 Å². The molecule has 0 aliphatic heterocycles. The topological polar surface area (TPSA) is 72.6 Å². The van der Waals surface area contributed by atoms with E-state index in [1.165, 1.54) is 12.8 Å². The molecule has 2 aliphatic rings. The number of rotatable bonds is 4. The molecule has 0 aromatic carbocycles. The lowest BCUT2D eigenvalue weighted by Gasteiger charge is -2.27. The average Bonchev–Trinajstić information content (AvgIpc) is 2.41. The summed E-state index contributed by atoms with van der Waals surface area (Å²) in [7, 11) is 0. The van der Waals surface area contributed by atoms with Crippen molar-refractivity contribution in [2.24, 2.45) is 5.92 Å². The Hall–Kier alpha value is -1.20. The van der Waals surface area contributed by atoms with Gasteiger partial charge in [0.2, 0.25) is 6.04 Å². The summed E-state index contributed by atoms with van der Waals surface area (Å²) in [6.07, 6.45) is 13.2. The number of nitrogens with zero attached hydrogens (tertiary/aromatic N) is 1. The highest BCUT2D eigenvalue weighted by Crippen LogP contribution is 2.25. The van der Waals surface area contributed by atoms with Crippen LogP contribution in [-0.4, -0.2) is 28.5 Å². The fourth-order valence-corrected chi connectivity index (χ4v) is 2.76. The number of nitro groups is 1. The number of hydrogen-bond acceptors (Lipinski definition) is 4. The minimum absolute atomic E-state index is 0.0352. The molecule has 0 aromatic heterocycles. The summed E-state index contributed by atoms with van der Waals surface area (Å²) in [5.74, 6) is -0.134. The van der Waals surface area contributed by atoms with Crippen LogP contribution in [0.4, 0.5) is 0 Å². The molecule has 2 unspecified atom stereocenters. The maximum absolute atomic E-state index is 10.7. The fourth-order valence-electron chi connectivity index (χ4n) is 2.76. The van der Waals surface area contributed by atoms with E-state index in [0.29, 0.717) is 12.8 Å². The molecule has 0 fully saturated rings. The molecule has 5 nitrogen and oxygen atoms in total. The molecule has 1 N–H and O–H groups in total. The van der Waals surface area contributed by atoms with Crippen LogP contribution in [0.5, 0.6) is 0 Å². The maximum atomic E-state index is 10.7. The van der Waals surface area contributed by atoms with Gasteiger partial charge in [0, 0.05) is 17.3 Å². The molecular weight excluding hydrogens is 258 g/mol. The van der Waals surface area contributed by atoms with Gasteiger partial charge in [0.05, 0.1) is 6.10 Å². The lowest BCUT2D eigenvalue weighted by atomic mass is 9.92. The van der Waals surface area contributed by atoms with E-state index < -0.39 is 12.3 Å². The van der Waals surface area contributed by atoms with E-state index in [9.17, 15) is 15.2 Å². The van der Waals surface area contributed by atoms with E-state index in [2.05, 4.69) is 6.08 Å². The second-order valence-electron chi connectivity index (χ2n) is 5.61. The van der Waals surface area contributed by atoms with Gasteiger partial charge in [-0.1, -0.05) is 31.1 Å². The summed E-state index contributed by atoms with van der Waals surface area (Å²) in [5, 5.41) is 20.8. The van der Waals surface area contributed by atoms with Crippen molar-refractivity contribution in [3.05, 3.63) is 34.4 Å². The van der Waals surface area contributed by atoms with Gasteiger partial charge in [0.25, 0.3) is 0 Å². The Labute approximate surface area is 119 Å². The predicted molar refractivity (Wildman–Crippen MR) is 75.8 cm³/mol. The zero-order chi connectivity index (χ0) is 14.4. The molecule has 2 rings (SSSR count). The van der Waals surface area contributed by atoms with Crippen molar-refractivity contribution in [3.63, 3.8) is 0 Å².